The van der Waals surface area contributed by atoms with Crippen LogP contribution in [0.25, 0.3) is 10.9 Å². The predicted molar refractivity (Wildman–Crippen MR) is 84.1 cm³/mol. The van der Waals surface area contributed by atoms with E-state index in [9.17, 15) is 0 Å². The molecule has 3 heteroatoms. The third-order valence-electron chi connectivity index (χ3n) is 3.20. The smallest absolute Gasteiger partial charge is 0.129 e. The van der Waals surface area contributed by atoms with Crippen LogP contribution in [0.5, 0.6) is 0 Å². The molecule has 1 aromatic heterocycles. The number of para-hydroxylation sites is 1. The summed E-state index contributed by atoms with van der Waals surface area (Å²) in [5, 5.41) is 4.66. The Morgan fingerprint density at radius 3 is 2.68 bits per heavy atom. The van der Waals surface area contributed by atoms with Gasteiger partial charge in [-0.05, 0) is 37.0 Å². The van der Waals surface area contributed by atoms with Crippen LogP contribution < -0.4 is 5.32 Å². The van der Waals surface area contributed by atoms with E-state index in [1.165, 1.54) is 5.39 Å². The summed E-state index contributed by atoms with van der Waals surface area (Å²) in [6, 6.07) is 10.6. The van der Waals surface area contributed by atoms with Crippen molar-refractivity contribution >= 4 is 28.3 Å². The largest absolute Gasteiger partial charge is 0.366 e. The molecule has 2 aromatic rings. The second kappa shape index (κ2) is 6.25. The van der Waals surface area contributed by atoms with E-state index < -0.39 is 0 Å². The number of nitrogens with one attached hydrogen (secondary N) is 1. The van der Waals surface area contributed by atoms with Crippen molar-refractivity contribution in [2.45, 2.75) is 33.2 Å². The van der Waals surface area contributed by atoms with E-state index in [0.29, 0.717) is 11.8 Å². The number of nitrogens with zero attached hydrogens (tertiary/aromatic N) is 1. The highest BCUT2D eigenvalue weighted by Gasteiger charge is 2.12. The van der Waals surface area contributed by atoms with Gasteiger partial charge in [0.25, 0.3) is 0 Å². The molecule has 1 N–H and O–H groups in total. The van der Waals surface area contributed by atoms with Gasteiger partial charge in [0.05, 0.1) is 5.52 Å². The van der Waals surface area contributed by atoms with Crippen LogP contribution in [0.2, 0.25) is 0 Å². The van der Waals surface area contributed by atoms with Gasteiger partial charge in [0, 0.05) is 17.3 Å². The first-order chi connectivity index (χ1) is 9.10. The Morgan fingerprint density at radius 1 is 1.26 bits per heavy atom. The molecule has 1 atom stereocenters. The van der Waals surface area contributed by atoms with Crippen LogP contribution in [0.3, 0.4) is 0 Å². The van der Waals surface area contributed by atoms with Gasteiger partial charge in [-0.1, -0.05) is 32.0 Å². The summed E-state index contributed by atoms with van der Waals surface area (Å²) in [4.78, 5) is 4.70. The zero-order chi connectivity index (χ0) is 13.8. The van der Waals surface area contributed by atoms with Crippen LogP contribution in [0, 0.1) is 12.8 Å². The van der Waals surface area contributed by atoms with Crippen molar-refractivity contribution in [3.05, 3.63) is 35.9 Å². The third kappa shape index (κ3) is 3.60. The summed E-state index contributed by atoms with van der Waals surface area (Å²) < 4.78 is 0. The first-order valence-electron chi connectivity index (χ1n) is 6.79. The van der Waals surface area contributed by atoms with Gasteiger partial charge in [-0.2, -0.15) is 0 Å². The lowest BCUT2D eigenvalue weighted by molar-refractivity contribution is 0.541. The van der Waals surface area contributed by atoms with Crippen LogP contribution in [-0.2, 0) is 0 Å². The summed E-state index contributed by atoms with van der Waals surface area (Å²) in [6.45, 7) is 6.51. The van der Waals surface area contributed by atoms with Gasteiger partial charge >= 0.3 is 0 Å². The molecule has 0 fully saturated rings. The van der Waals surface area contributed by atoms with E-state index in [4.69, 9.17) is 16.6 Å². The normalized spacial score (nSPS) is 12.9. The lowest BCUT2D eigenvalue weighted by Gasteiger charge is -2.20. The molecule has 102 valence electrons. The Balaban J connectivity index is 2.26. The molecule has 2 rings (SSSR count). The molecule has 0 amide bonds. The van der Waals surface area contributed by atoms with E-state index >= 15 is 0 Å². The fourth-order valence-electron chi connectivity index (χ4n) is 2.29. The van der Waals surface area contributed by atoms with E-state index in [0.717, 1.165) is 23.3 Å². The number of hydrogen-bond donors (Lipinski definition) is 1. The number of hydrogen-bond acceptors (Lipinski definition) is 2. The van der Waals surface area contributed by atoms with Crippen molar-refractivity contribution in [2.24, 2.45) is 5.92 Å². The Morgan fingerprint density at radius 2 is 2.00 bits per heavy atom. The van der Waals surface area contributed by atoms with Crippen molar-refractivity contribution in [1.82, 2.24) is 4.98 Å². The van der Waals surface area contributed by atoms with E-state index in [2.05, 4.69) is 38.2 Å². The van der Waals surface area contributed by atoms with E-state index in [-0.39, 0.29) is 6.04 Å². The van der Waals surface area contributed by atoms with Crippen LogP contribution >= 0.6 is 11.6 Å². The molecule has 19 heavy (non-hydrogen) atoms. The summed E-state index contributed by atoms with van der Waals surface area (Å²) in [5.74, 6) is 2.17. The lowest BCUT2D eigenvalue weighted by Crippen LogP contribution is -2.24. The summed E-state index contributed by atoms with van der Waals surface area (Å²) in [5.41, 5.74) is 2.19. The Labute approximate surface area is 120 Å². The minimum atomic E-state index is 0.272. The molecule has 1 unspecified atom stereocenters. The molecule has 0 aliphatic carbocycles. The zero-order valence-electron chi connectivity index (χ0n) is 11.8. The van der Waals surface area contributed by atoms with Crippen LogP contribution in [0.4, 0.5) is 5.82 Å². The number of fused-ring (bicyclic) bond motifs is 1. The lowest BCUT2D eigenvalue weighted by atomic mass is 10.0. The minimum Gasteiger partial charge on any atom is -0.366 e. The Bertz CT molecular complexity index is 551. The highest BCUT2D eigenvalue weighted by molar-refractivity contribution is 6.18. The SMILES string of the molecule is Cc1cc2ccccc2nc1NC(CCl)CC(C)C. The van der Waals surface area contributed by atoms with Gasteiger partial charge in [-0.25, -0.2) is 4.98 Å². The van der Waals surface area contributed by atoms with Crippen molar-refractivity contribution in [1.29, 1.82) is 0 Å². The fourth-order valence-corrected chi connectivity index (χ4v) is 2.49. The maximum absolute atomic E-state index is 6.04. The van der Waals surface area contributed by atoms with Crippen LogP contribution in [0.1, 0.15) is 25.8 Å². The van der Waals surface area contributed by atoms with Gasteiger partial charge < -0.3 is 5.32 Å². The van der Waals surface area contributed by atoms with Gasteiger partial charge in [0.2, 0.25) is 0 Å². The Hall–Kier alpha value is -1.28. The predicted octanol–water partition coefficient (Wildman–Crippen LogP) is 4.61. The summed E-state index contributed by atoms with van der Waals surface area (Å²) in [6.07, 6.45) is 1.05. The maximum atomic E-state index is 6.04. The molecule has 0 aliphatic heterocycles. The second-order valence-corrected chi connectivity index (χ2v) is 5.78. The van der Waals surface area contributed by atoms with Crippen LogP contribution in [0.15, 0.2) is 30.3 Å². The number of aryl methyl sites for hydroxylation is 1. The molecule has 2 nitrogen and oxygen atoms in total. The summed E-state index contributed by atoms with van der Waals surface area (Å²) >= 11 is 6.04. The molecular formula is C16H21ClN2. The molecule has 1 aromatic carbocycles. The first-order valence-corrected chi connectivity index (χ1v) is 7.32. The Kier molecular flexibility index (Phi) is 4.65. The minimum absolute atomic E-state index is 0.272. The summed E-state index contributed by atoms with van der Waals surface area (Å²) in [7, 11) is 0. The van der Waals surface area contributed by atoms with Gasteiger partial charge in [0.1, 0.15) is 5.82 Å². The number of aromatic nitrogens is 1. The highest BCUT2D eigenvalue weighted by Crippen LogP contribution is 2.21. The second-order valence-electron chi connectivity index (χ2n) is 5.47. The fraction of sp³-hybridized carbons (Fsp3) is 0.438. The average molecular weight is 277 g/mol. The maximum Gasteiger partial charge on any atom is 0.129 e. The monoisotopic (exact) mass is 276 g/mol. The topological polar surface area (TPSA) is 24.9 Å². The van der Waals surface area contributed by atoms with E-state index in [1.54, 1.807) is 0 Å². The molecule has 0 saturated heterocycles. The molecule has 1 heterocycles. The van der Waals surface area contributed by atoms with Crippen molar-refractivity contribution in [3.63, 3.8) is 0 Å². The first kappa shape index (κ1) is 14.1. The third-order valence-corrected chi connectivity index (χ3v) is 3.57. The molecule has 0 saturated carbocycles. The number of benzene rings is 1. The molecular weight excluding hydrogens is 256 g/mol. The number of anilines is 1. The van der Waals surface area contributed by atoms with E-state index in [1.807, 2.05) is 18.2 Å². The zero-order valence-corrected chi connectivity index (χ0v) is 12.5. The van der Waals surface area contributed by atoms with Gasteiger partial charge in [0.15, 0.2) is 0 Å². The number of pyridine rings is 1. The number of rotatable bonds is 5. The van der Waals surface area contributed by atoms with Crippen LogP contribution in [-0.4, -0.2) is 16.9 Å². The van der Waals surface area contributed by atoms with Crippen molar-refractivity contribution < 1.29 is 0 Å². The van der Waals surface area contributed by atoms with Crippen molar-refractivity contribution in [3.8, 4) is 0 Å². The molecule has 0 radical (unpaired) electrons. The quantitative estimate of drug-likeness (QED) is 0.807. The van der Waals surface area contributed by atoms with Gasteiger partial charge in [-0.15, -0.1) is 11.6 Å². The number of halogens is 1. The van der Waals surface area contributed by atoms with Gasteiger partial charge in [-0.3, -0.25) is 0 Å². The standard InChI is InChI=1S/C16H21ClN2/c1-11(2)8-14(10-17)18-16-12(3)9-13-6-4-5-7-15(13)19-16/h4-7,9,11,14H,8,10H2,1-3H3,(H,18,19). The molecule has 0 spiro atoms. The molecule has 0 bridgehead atoms. The number of alkyl halides is 1. The molecule has 0 aliphatic rings. The highest BCUT2D eigenvalue weighted by atomic mass is 35.5. The van der Waals surface area contributed by atoms with Crippen molar-refractivity contribution in [2.75, 3.05) is 11.2 Å². The average Bonchev–Trinajstić information content (AvgIpc) is 2.38.